The fourth-order valence-corrected chi connectivity index (χ4v) is 3.91. The maximum atomic E-state index is 4.73. The Labute approximate surface area is 136 Å². The fraction of sp³-hybridized carbons (Fsp3) is 0. The summed E-state index contributed by atoms with van der Waals surface area (Å²) in [6.45, 7) is 0. The Morgan fingerprint density at radius 3 is 2.74 bits per heavy atom. The van der Waals surface area contributed by atoms with Gasteiger partial charge in [-0.05, 0) is 30.3 Å². The molecular weight excluding hydrogens is 302 g/mol. The monoisotopic (exact) mass is 313 g/mol. The molecule has 0 saturated carbocycles. The van der Waals surface area contributed by atoms with Gasteiger partial charge in [-0.25, -0.2) is 9.97 Å². The topological polar surface area (TPSA) is 38.7 Å². The molecule has 3 nitrogen and oxygen atoms in total. The van der Waals surface area contributed by atoms with E-state index in [1.807, 2.05) is 42.7 Å². The van der Waals surface area contributed by atoms with Crippen LogP contribution in [0.4, 0.5) is 0 Å². The lowest BCUT2D eigenvalue weighted by atomic mass is 10.1. The Hall–Kier alpha value is -2.85. The number of hydrogen-bond acceptors (Lipinski definition) is 4. The highest BCUT2D eigenvalue weighted by Crippen LogP contribution is 2.33. The van der Waals surface area contributed by atoms with Gasteiger partial charge in [0.05, 0.1) is 16.9 Å². The van der Waals surface area contributed by atoms with Gasteiger partial charge in [0, 0.05) is 33.3 Å². The molecule has 4 heteroatoms. The number of fused-ring (bicyclic) bond motifs is 4. The first-order valence-electron chi connectivity index (χ1n) is 7.38. The first kappa shape index (κ1) is 12.7. The Bertz CT molecular complexity index is 1180. The molecule has 0 aliphatic rings. The average Bonchev–Trinajstić information content (AvgIpc) is 2.99. The third kappa shape index (κ3) is 1.99. The van der Waals surface area contributed by atoms with E-state index < -0.39 is 0 Å². The van der Waals surface area contributed by atoms with E-state index >= 15 is 0 Å². The second-order valence-electron chi connectivity index (χ2n) is 5.41. The summed E-state index contributed by atoms with van der Waals surface area (Å²) in [6.07, 6.45) is 3.76. The SMILES string of the molecule is c1ccc2nc(-c3cc4sc5ncccc5c4cn3)ccc2c1. The van der Waals surface area contributed by atoms with E-state index in [0.717, 1.165) is 37.9 Å². The molecule has 0 amide bonds. The van der Waals surface area contributed by atoms with Crippen LogP contribution in [0, 0.1) is 0 Å². The van der Waals surface area contributed by atoms with E-state index in [4.69, 9.17) is 4.98 Å². The van der Waals surface area contributed by atoms with Crippen molar-refractivity contribution >= 4 is 42.5 Å². The number of thiophene rings is 1. The van der Waals surface area contributed by atoms with Gasteiger partial charge in [-0.1, -0.05) is 24.3 Å². The van der Waals surface area contributed by atoms with Crippen molar-refractivity contribution in [3.05, 3.63) is 67.0 Å². The minimum Gasteiger partial charge on any atom is -0.254 e. The van der Waals surface area contributed by atoms with Gasteiger partial charge in [0.2, 0.25) is 0 Å². The van der Waals surface area contributed by atoms with Crippen LogP contribution < -0.4 is 0 Å². The summed E-state index contributed by atoms with van der Waals surface area (Å²) in [6, 6.07) is 18.4. The van der Waals surface area contributed by atoms with Gasteiger partial charge in [-0.3, -0.25) is 4.98 Å². The van der Waals surface area contributed by atoms with Crippen molar-refractivity contribution in [3.8, 4) is 11.4 Å². The number of pyridine rings is 3. The summed E-state index contributed by atoms with van der Waals surface area (Å²) < 4.78 is 1.19. The molecule has 4 aromatic heterocycles. The highest BCUT2D eigenvalue weighted by Gasteiger charge is 2.09. The average molecular weight is 313 g/mol. The van der Waals surface area contributed by atoms with Gasteiger partial charge in [0.1, 0.15) is 4.83 Å². The van der Waals surface area contributed by atoms with Crippen molar-refractivity contribution in [2.75, 3.05) is 0 Å². The van der Waals surface area contributed by atoms with Gasteiger partial charge < -0.3 is 0 Å². The molecule has 4 heterocycles. The molecule has 0 saturated heterocycles. The summed E-state index contributed by atoms with van der Waals surface area (Å²) in [5.41, 5.74) is 2.79. The van der Waals surface area contributed by atoms with Gasteiger partial charge in [0.25, 0.3) is 0 Å². The van der Waals surface area contributed by atoms with Crippen LogP contribution in [0.15, 0.2) is 67.0 Å². The second kappa shape index (κ2) is 4.83. The molecule has 0 atom stereocenters. The predicted molar refractivity (Wildman–Crippen MR) is 95.7 cm³/mol. The number of para-hydroxylation sites is 1. The molecule has 0 radical (unpaired) electrons. The highest BCUT2D eigenvalue weighted by atomic mass is 32.1. The molecule has 0 unspecified atom stereocenters. The van der Waals surface area contributed by atoms with Crippen molar-refractivity contribution in [2.24, 2.45) is 0 Å². The number of nitrogens with zero attached hydrogens (tertiary/aromatic N) is 3. The minimum atomic E-state index is 0.898. The summed E-state index contributed by atoms with van der Waals surface area (Å²) in [7, 11) is 0. The van der Waals surface area contributed by atoms with Gasteiger partial charge in [0.15, 0.2) is 0 Å². The lowest BCUT2D eigenvalue weighted by molar-refractivity contribution is 1.30. The van der Waals surface area contributed by atoms with Crippen LogP contribution in [0.1, 0.15) is 0 Å². The van der Waals surface area contributed by atoms with E-state index in [2.05, 4.69) is 34.2 Å². The molecule has 5 rings (SSSR count). The number of benzene rings is 1. The standard InChI is InChI=1S/C19H11N3S/c1-2-6-15-12(4-1)7-8-16(22-15)17-10-18-14(11-21-17)13-5-3-9-20-19(13)23-18/h1-11H. The quantitative estimate of drug-likeness (QED) is 0.434. The van der Waals surface area contributed by atoms with Gasteiger partial charge >= 0.3 is 0 Å². The smallest absolute Gasteiger partial charge is 0.124 e. The second-order valence-corrected chi connectivity index (χ2v) is 6.44. The first-order valence-corrected chi connectivity index (χ1v) is 8.19. The van der Waals surface area contributed by atoms with E-state index in [9.17, 15) is 0 Å². The Balaban J connectivity index is 1.73. The molecule has 0 spiro atoms. The largest absolute Gasteiger partial charge is 0.254 e. The minimum absolute atomic E-state index is 0.898. The normalized spacial score (nSPS) is 11.5. The van der Waals surface area contributed by atoms with Crippen LogP contribution in [0.5, 0.6) is 0 Å². The summed E-state index contributed by atoms with van der Waals surface area (Å²) in [5.74, 6) is 0. The molecule has 0 N–H and O–H groups in total. The molecule has 108 valence electrons. The van der Waals surface area contributed by atoms with Crippen molar-refractivity contribution in [2.45, 2.75) is 0 Å². The lowest BCUT2D eigenvalue weighted by Crippen LogP contribution is -1.87. The third-order valence-corrected chi connectivity index (χ3v) is 5.07. The molecule has 0 fully saturated rings. The van der Waals surface area contributed by atoms with Crippen molar-refractivity contribution in [3.63, 3.8) is 0 Å². The maximum Gasteiger partial charge on any atom is 0.124 e. The first-order chi connectivity index (χ1) is 11.4. The Morgan fingerprint density at radius 1 is 0.783 bits per heavy atom. The van der Waals surface area contributed by atoms with E-state index in [-0.39, 0.29) is 0 Å². The predicted octanol–water partition coefficient (Wildman–Crippen LogP) is 5.06. The summed E-state index contributed by atoms with van der Waals surface area (Å²) in [5, 5.41) is 3.46. The molecule has 0 bridgehead atoms. The number of rotatable bonds is 1. The molecule has 23 heavy (non-hydrogen) atoms. The zero-order valence-corrected chi connectivity index (χ0v) is 12.9. The molecule has 5 aromatic rings. The fourth-order valence-electron chi connectivity index (χ4n) is 2.85. The van der Waals surface area contributed by atoms with Gasteiger partial charge in [-0.2, -0.15) is 0 Å². The maximum absolute atomic E-state index is 4.73. The molecular formula is C19H11N3S. The summed E-state index contributed by atoms with van der Waals surface area (Å²) >= 11 is 1.70. The summed E-state index contributed by atoms with van der Waals surface area (Å²) in [4.78, 5) is 14.8. The van der Waals surface area contributed by atoms with E-state index in [1.165, 1.54) is 4.70 Å². The molecule has 0 aliphatic heterocycles. The number of aromatic nitrogens is 3. The van der Waals surface area contributed by atoms with Crippen molar-refractivity contribution in [1.82, 2.24) is 15.0 Å². The van der Waals surface area contributed by atoms with Crippen molar-refractivity contribution in [1.29, 1.82) is 0 Å². The zero-order chi connectivity index (χ0) is 15.2. The van der Waals surface area contributed by atoms with E-state index in [1.54, 1.807) is 11.3 Å². The molecule has 0 aliphatic carbocycles. The van der Waals surface area contributed by atoms with Crippen LogP contribution in [-0.4, -0.2) is 15.0 Å². The van der Waals surface area contributed by atoms with Gasteiger partial charge in [-0.15, -0.1) is 11.3 Å². The van der Waals surface area contributed by atoms with Crippen LogP contribution >= 0.6 is 11.3 Å². The third-order valence-electron chi connectivity index (χ3n) is 3.99. The Kier molecular flexibility index (Phi) is 2.66. The zero-order valence-electron chi connectivity index (χ0n) is 12.1. The van der Waals surface area contributed by atoms with Crippen LogP contribution in [0.3, 0.4) is 0 Å². The van der Waals surface area contributed by atoms with Crippen molar-refractivity contribution < 1.29 is 0 Å². The van der Waals surface area contributed by atoms with Crippen LogP contribution in [0.25, 0.3) is 42.6 Å². The van der Waals surface area contributed by atoms with Crippen LogP contribution in [0.2, 0.25) is 0 Å². The lowest BCUT2D eigenvalue weighted by Gasteiger charge is -2.02. The Morgan fingerprint density at radius 2 is 1.74 bits per heavy atom. The van der Waals surface area contributed by atoms with Crippen LogP contribution in [-0.2, 0) is 0 Å². The van der Waals surface area contributed by atoms with E-state index in [0.29, 0.717) is 0 Å². The molecule has 1 aromatic carbocycles. The number of hydrogen-bond donors (Lipinski definition) is 0. The highest BCUT2D eigenvalue weighted by molar-refractivity contribution is 7.25.